The van der Waals surface area contributed by atoms with Gasteiger partial charge in [-0.25, -0.2) is 4.39 Å². The molecule has 0 saturated carbocycles. The summed E-state index contributed by atoms with van der Waals surface area (Å²) in [6, 6.07) is 13.8. The molecule has 0 aliphatic rings. The van der Waals surface area contributed by atoms with E-state index >= 15 is 0 Å². The van der Waals surface area contributed by atoms with Crippen molar-refractivity contribution in [2.24, 2.45) is 0 Å². The third-order valence-electron chi connectivity index (χ3n) is 3.14. The molecule has 0 spiro atoms. The Labute approximate surface area is 124 Å². The molecule has 21 heavy (non-hydrogen) atoms. The number of hydrogen-bond donors (Lipinski definition) is 1. The summed E-state index contributed by atoms with van der Waals surface area (Å²) in [6.45, 7) is 4.28. The lowest BCUT2D eigenvalue weighted by atomic mass is 10.0. The minimum absolute atomic E-state index is 0.241. The summed E-state index contributed by atoms with van der Waals surface area (Å²) in [5.74, 6) is -0.0758. The smallest absolute Gasteiger partial charge is 0.248 e. The second-order valence-electron chi connectivity index (χ2n) is 5.15. The van der Waals surface area contributed by atoms with Crippen LogP contribution < -0.4 is 5.32 Å². The van der Waals surface area contributed by atoms with Crippen molar-refractivity contribution in [3.8, 4) is 0 Å². The summed E-state index contributed by atoms with van der Waals surface area (Å²) in [4.78, 5) is 11.8. The zero-order chi connectivity index (χ0) is 15.2. The van der Waals surface area contributed by atoms with Crippen LogP contribution in [0.2, 0.25) is 0 Å². The van der Waals surface area contributed by atoms with Crippen LogP contribution in [0.15, 0.2) is 54.6 Å². The van der Waals surface area contributed by atoms with E-state index in [1.54, 1.807) is 6.08 Å². The summed E-state index contributed by atoms with van der Waals surface area (Å²) >= 11 is 0. The molecule has 1 N–H and O–H groups in total. The van der Waals surface area contributed by atoms with Gasteiger partial charge in [-0.3, -0.25) is 4.79 Å². The molecule has 0 atom stereocenters. The minimum atomic E-state index is -0.325. The van der Waals surface area contributed by atoms with Crippen LogP contribution in [0.5, 0.6) is 0 Å². The van der Waals surface area contributed by atoms with Crippen LogP contribution in [0, 0.1) is 5.82 Å². The van der Waals surface area contributed by atoms with E-state index in [2.05, 4.69) is 31.3 Å². The molecular weight excluding hydrogens is 265 g/mol. The number of rotatable bonds is 4. The highest BCUT2D eigenvalue weighted by Gasteiger charge is 1.99. The molecule has 0 aliphatic heterocycles. The molecule has 2 aromatic rings. The van der Waals surface area contributed by atoms with Gasteiger partial charge in [0.25, 0.3) is 0 Å². The maximum atomic E-state index is 12.8. The first-order valence-corrected chi connectivity index (χ1v) is 6.89. The van der Waals surface area contributed by atoms with Gasteiger partial charge in [-0.2, -0.15) is 0 Å². The molecule has 0 unspecified atom stereocenters. The molecular formula is C18H18FNO. The van der Waals surface area contributed by atoms with Gasteiger partial charge in [-0.05, 0) is 47.4 Å². The molecule has 2 rings (SSSR count). The van der Waals surface area contributed by atoms with E-state index in [4.69, 9.17) is 0 Å². The molecule has 0 radical (unpaired) electrons. The predicted molar refractivity (Wildman–Crippen MR) is 84.6 cm³/mol. The highest BCUT2D eigenvalue weighted by atomic mass is 19.1. The Bertz CT molecular complexity index is 627. The summed E-state index contributed by atoms with van der Waals surface area (Å²) in [6.07, 6.45) is 3.22. The average Bonchev–Trinajstić information content (AvgIpc) is 2.48. The van der Waals surface area contributed by atoms with Crippen molar-refractivity contribution in [2.45, 2.75) is 19.8 Å². The highest BCUT2D eigenvalue weighted by Crippen LogP contribution is 2.15. The number of anilines is 1. The standard InChI is InChI=1S/C18H18FNO/c1-13(2)15-6-3-14(4-7-15)5-12-18(21)20-17-10-8-16(19)9-11-17/h3-13H,1-2H3,(H,20,21)/b12-5-. The van der Waals surface area contributed by atoms with Crippen LogP contribution in [0.3, 0.4) is 0 Å². The lowest BCUT2D eigenvalue weighted by Gasteiger charge is -2.04. The van der Waals surface area contributed by atoms with Crippen LogP contribution in [-0.2, 0) is 4.79 Å². The number of nitrogens with one attached hydrogen (secondary N) is 1. The molecule has 0 heterocycles. The molecule has 108 valence electrons. The zero-order valence-electron chi connectivity index (χ0n) is 12.1. The van der Waals surface area contributed by atoms with Gasteiger partial charge in [-0.15, -0.1) is 0 Å². The molecule has 2 nitrogen and oxygen atoms in total. The maximum absolute atomic E-state index is 12.8. The first-order valence-electron chi connectivity index (χ1n) is 6.89. The van der Waals surface area contributed by atoms with Crippen LogP contribution in [0.1, 0.15) is 30.9 Å². The van der Waals surface area contributed by atoms with Gasteiger partial charge in [0.05, 0.1) is 0 Å². The van der Waals surface area contributed by atoms with Gasteiger partial charge in [0.1, 0.15) is 5.82 Å². The molecule has 0 fully saturated rings. The molecule has 0 aromatic heterocycles. The zero-order valence-corrected chi connectivity index (χ0v) is 12.1. The van der Waals surface area contributed by atoms with Gasteiger partial charge in [0.2, 0.25) is 5.91 Å². The third-order valence-corrected chi connectivity index (χ3v) is 3.14. The van der Waals surface area contributed by atoms with E-state index in [0.29, 0.717) is 11.6 Å². The third kappa shape index (κ3) is 4.56. The Morgan fingerprint density at radius 1 is 1.05 bits per heavy atom. The number of carbonyl (C=O) groups excluding carboxylic acids is 1. The first kappa shape index (κ1) is 15.0. The average molecular weight is 283 g/mol. The summed E-state index contributed by atoms with van der Waals surface area (Å²) < 4.78 is 12.8. The van der Waals surface area contributed by atoms with Crippen molar-refractivity contribution in [3.05, 3.63) is 71.6 Å². The number of carbonyl (C=O) groups is 1. The van der Waals surface area contributed by atoms with E-state index in [-0.39, 0.29) is 11.7 Å². The quantitative estimate of drug-likeness (QED) is 0.816. The van der Waals surface area contributed by atoms with Crippen LogP contribution in [0.25, 0.3) is 6.08 Å². The second-order valence-corrected chi connectivity index (χ2v) is 5.15. The molecule has 2 aromatic carbocycles. The Kier molecular flexibility index (Phi) is 4.88. The van der Waals surface area contributed by atoms with Crippen molar-refractivity contribution < 1.29 is 9.18 Å². The number of halogens is 1. The van der Waals surface area contributed by atoms with Gasteiger partial charge in [-0.1, -0.05) is 38.1 Å². The number of benzene rings is 2. The van der Waals surface area contributed by atoms with Crippen LogP contribution in [-0.4, -0.2) is 5.91 Å². The van der Waals surface area contributed by atoms with Crippen molar-refractivity contribution in [1.82, 2.24) is 0 Å². The largest absolute Gasteiger partial charge is 0.323 e. The van der Waals surface area contributed by atoms with Crippen molar-refractivity contribution >= 4 is 17.7 Å². The Balaban J connectivity index is 1.96. The molecule has 0 saturated heterocycles. The fraction of sp³-hybridized carbons (Fsp3) is 0.167. The summed E-state index contributed by atoms with van der Waals surface area (Å²) in [5.41, 5.74) is 2.80. The first-order chi connectivity index (χ1) is 10.0. The molecule has 1 amide bonds. The monoisotopic (exact) mass is 283 g/mol. The Morgan fingerprint density at radius 2 is 1.67 bits per heavy atom. The molecule has 0 bridgehead atoms. The van der Waals surface area contributed by atoms with Crippen molar-refractivity contribution in [2.75, 3.05) is 5.32 Å². The Hall–Kier alpha value is -2.42. The summed E-state index contributed by atoms with van der Waals surface area (Å²) in [5, 5.41) is 2.68. The van der Waals surface area contributed by atoms with Gasteiger partial charge in [0.15, 0.2) is 0 Å². The van der Waals surface area contributed by atoms with Gasteiger partial charge < -0.3 is 5.32 Å². The van der Waals surface area contributed by atoms with E-state index in [9.17, 15) is 9.18 Å². The number of hydrogen-bond acceptors (Lipinski definition) is 1. The lowest BCUT2D eigenvalue weighted by molar-refractivity contribution is -0.111. The SMILES string of the molecule is CC(C)c1ccc(/C=C\C(=O)Nc2ccc(F)cc2)cc1. The van der Waals surface area contributed by atoms with Crippen LogP contribution in [0.4, 0.5) is 10.1 Å². The lowest BCUT2D eigenvalue weighted by Crippen LogP contribution is -2.07. The highest BCUT2D eigenvalue weighted by molar-refractivity contribution is 6.01. The van der Waals surface area contributed by atoms with Crippen LogP contribution >= 0.6 is 0 Å². The van der Waals surface area contributed by atoms with Gasteiger partial charge in [0, 0.05) is 11.8 Å². The fourth-order valence-electron chi connectivity index (χ4n) is 1.88. The number of amides is 1. The topological polar surface area (TPSA) is 29.1 Å². The van der Waals surface area contributed by atoms with Crippen molar-refractivity contribution in [3.63, 3.8) is 0 Å². The minimum Gasteiger partial charge on any atom is -0.323 e. The molecule has 0 aliphatic carbocycles. The Morgan fingerprint density at radius 3 is 2.24 bits per heavy atom. The van der Waals surface area contributed by atoms with E-state index in [1.807, 2.05) is 12.1 Å². The second kappa shape index (κ2) is 6.84. The maximum Gasteiger partial charge on any atom is 0.248 e. The van der Waals surface area contributed by atoms with E-state index < -0.39 is 0 Å². The van der Waals surface area contributed by atoms with E-state index in [1.165, 1.54) is 35.9 Å². The van der Waals surface area contributed by atoms with Crippen molar-refractivity contribution in [1.29, 1.82) is 0 Å². The van der Waals surface area contributed by atoms with Gasteiger partial charge >= 0.3 is 0 Å². The predicted octanol–water partition coefficient (Wildman–Crippen LogP) is 4.60. The summed E-state index contributed by atoms with van der Waals surface area (Å²) in [7, 11) is 0. The normalized spacial score (nSPS) is 11.0. The fourth-order valence-corrected chi connectivity index (χ4v) is 1.88. The molecule has 3 heteroatoms. The van der Waals surface area contributed by atoms with E-state index in [0.717, 1.165) is 5.56 Å².